The van der Waals surface area contributed by atoms with Crippen LogP contribution >= 0.6 is 0 Å². The topological polar surface area (TPSA) is 58.6 Å². The fraction of sp³-hybridized carbons (Fsp3) is 0.355. The highest BCUT2D eigenvalue weighted by Gasteiger charge is 2.31. The van der Waals surface area contributed by atoms with Gasteiger partial charge < -0.3 is 15.0 Å². The van der Waals surface area contributed by atoms with Crippen LogP contribution in [0.15, 0.2) is 78.9 Å². The summed E-state index contributed by atoms with van der Waals surface area (Å²) < 4.78 is 19.6. The molecular weight excluding hydrogens is 467 g/mol. The monoisotopic (exact) mass is 504 g/mol. The number of rotatable bonds is 12. The number of ether oxygens (including phenoxy) is 1. The van der Waals surface area contributed by atoms with Gasteiger partial charge in [0.1, 0.15) is 17.6 Å². The molecule has 3 aromatic rings. The van der Waals surface area contributed by atoms with Crippen LogP contribution in [0.2, 0.25) is 0 Å². The van der Waals surface area contributed by atoms with Crippen LogP contribution in [-0.2, 0) is 22.6 Å². The Balaban J connectivity index is 1.91. The van der Waals surface area contributed by atoms with Crippen LogP contribution < -0.4 is 10.1 Å². The average molecular weight is 505 g/mol. The van der Waals surface area contributed by atoms with Crippen molar-refractivity contribution < 1.29 is 18.7 Å². The Labute approximate surface area is 219 Å². The van der Waals surface area contributed by atoms with Gasteiger partial charge in [-0.15, -0.1) is 0 Å². The number of hydrogen-bond donors (Lipinski definition) is 1. The lowest BCUT2D eigenvalue weighted by Crippen LogP contribution is -2.52. The normalized spacial score (nSPS) is 11.9. The molecule has 1 N–H and O–H groups in total. The minimum atomic E-state index is -0.761. The van der Waals surface area contributed by atoms with Crippen molar-refractivity contribution in [1.29, 1.82) is 0 Å². The highest BCUT2D eigenvalue weighted by atomic mass is 19.1. The molecule has 0 fully saturated rings. The Kier molecular flexibility index (Phi) is 10.2. The maximum absolute atomic E-state index is 13.7. The fourth-order valence-corrected chi connectivity index (χ4v) is 4.07. The summed E-state index contributed by atoms with van der Waals surface area (Å²) in [6, 6.07) is 22.5. The predicted octanol–water partition coefficient (Wildman–Crippen LogP) is 5.74. The molecule has 0 bridgehead atoms. The molecule has 196 valence electrons. The van der Waals surface area contributed by atoms with Crippen molar-refractivity contribution >= 4 is 11.8 Å². The van der Waals surface area contributed by atoms with E-state index in [2.05, 4.69) is 19.2 Å². The highest BCUT2D eigenvalue weighted by Crippen LogP contribution is 2.26. The number of amides is 2. The third-order valence-electron chi connectivity index (χ3n) is 6.11. The molecule has 0 heterocycles. The minimum Gasteiger partial charge on any atom is -0.483 e. The molecule has 0 radical (unpaired) electrons. The van der Waals surface area contributed by atoms with Gasteiger partial charge in [-0.05, 0) is 46.7 Å². The van der Waals surface area contributed by atoms with Crippen LogP contribution in [0.4, 0.5) is 4.39 Å². The summed E-state index contributed by atoms with van der Waals surface area (Å²) in [6.07, 6.45) is 0.348. The average Bonchev–Trinajstić information content (AvgIpc) is 2.89. The predicted molar refractivity (Wildman–Crippen MR) is 145 cm³/mol. The van der Waals surface area contributed by atoms with E-state index >= 15 is 0 Å². The summed E-state index contributed by atoms with van der Waals surface area (Å²) >= 11 is 0. The molecular formula is C31H37FN2O3. The van der Waals surface area contributed by atoms with Gasteiger partial charge in [-0.1, -0.05) is 88.4 Å². The van der Waals surface area contributed by atoms with E-state index in [1.54, 1.807) is 17.0 Å². The second-order valence-corrected chi connectivity index (χ2v) is 9.97. The van der Waals surface area contributed by atoms with E-state index in [1.807, 2.05) is 68.4 Å². The molecule has 0 aliphatic heterocycles. The number of carbonyl (C=O) groups is 2. The minimum absolute atomic E-state index is 0.154. The molecule has 6 heteroatoms. The lowest BCUT2D eigenvalue weighted by Gasteiger charge is -2.32. The van der Waals surface area contributed by atoms with Crippen molar-refractivity contribution in [3.05, 3.63) is 101 Å². The zero-order valence-corrected chi connectivity index (χ0v) is 22.1. The van der Waals surface area contributed by atoms with Crippen molar-refractivity contribution in [2.75, 3.05) is 13.2 Å². The number of hydrogen-bond acceptors (Lipinski definition) is 3. The lowest BCUT2D eigenvalue weighted by atomic mass is 10.0. The van der Waals surface area contributed by atoms with Gasteiger partial charge in [0.2, 0.25) is 5.91 Å². The Bertz CT molecular complexity index is 1150. The second kappa shape index (κ2) is 13.6. The van der Waals surface area contributed by atoms with E-state index in [0.29, 0.717) is 18.7 Å². The number of benzene rings is 3. The number of para-hydroxylation sites is 1. The molecule has 0 saturated carbocycles. The van der Waals surface area contributed by atoms with Gasteiger partial charge >= 0.3 is 0 Å². The molecule has 2 amide bonds. The summed E-state index contributed by atoms with van der Waals surface area (Å²) in [5.41, 5.74) is 2.68. The first kappa shape index (κ1) is 27.9. The smallest absolute Gasteiger partial charge is 0.261 e. The Hall–Kier alpha value is -3.67. The van der Waals surface area contributed by atoms with Crippen molar-refractivity contribution in [2.24, 2.45) is 5.92 Å². The molecule has 0 unspecified atom stereocenters. The SMILES string of the molecule is CC(C)CNC(=O)[C@@H](Cc1ccccc1)N(Cc1ccc(F)cc1)C(=O)COc1ccccc1C(C)C. The molecule has 3 aromatic carbocycles. The lowest BCUT2D eigenvalue weighted by molar-refractivity contribution is -0.142. The third kappa shape index (κ3) is 8.45. The zero-order valence-electron chi connectivity index (χ0n) is 22.1. The van der Waals surface area contributed by atoms with Gasteiger partial charge in [-0.2, -0.15) is 0 Å². The van der Waals surface area contributed by atoms with E-state index in [1.165, 1.54) is 12.1 Å². The first-order chi connectivity index (χ1) is 17.7. The standard InChI is InChI=1S/C31H37FN2O3/c1-22(2)19-33-31(36)28(18-24-10-6-5-7-11-24)34(20-25-14-16-26(32)17-15-25)30(35)21-37-29-13-9-8-12-27(29)23(3)4/h5-17,22-23,28H,18-21H2,1-4H3,(H,33,36)/t28-/m1/s1. The Morgan fingerprint density at radius 2 is 1.51 bits per heavy atom. The maximum atomic E-state index is 13.7. The first-order valence-corrected chi connectivity index (χ1v) is 12.8. The first-order valence-electron chi connectivity index (χ1n) is 12.8. The molecule has 0 saturated heterocycles. The summed E-state index contributed by atoms with van der Waals surface area (Å²) in [6.45, 7) is 8.62. The van der Waals surface area contributed by atoms with Crippen LogP contribution in [0.5, 0.6) is 5.75 Å². The Morgan fingerprint density at radius 1 is 0.865 bits per heavy atom. The number of nitrogens with zero attached hydrogens (tertiary/aromatic N) is 1. The van der Waals surface area contributed by atoms with E-state index in [4.69, 9.17) is 4.74 Å². The van der Waals surface area contributed by atoms with Gasteiger partial charge in [0, 0.05) is 19.5 Å². The summed E-state index contributed by atoms with van der Waals surface area (Å²) in [4.78, 5) is 28.7. The summed E-state index contributed by atoms with van der Waals surface area (Å²) in [5, 5.41) is 3.00. The molecule has 0 aromatic heterocycles. The van der Waals surface area contributed by atoms with Gasteiger partial charge in [0.25, 0.3) is 5.91 Å². The van der Waals surface area contributed by atoms with Crippen LogP contribution in [0.3, 0.4) is 0 Å². The van der Waals surface area contributed by atoms with Crippen LogP contribution in [0, 0.1) is 11.7 Å². The number of halogens is 1. The van der Waals surface area contributed by atoms with Crippen molar-refractivity contribution in [1.82, 2.24) is 10.2 Å². The van der Waals surface area contributed by atoms with E-state index in [9.17, 15) is 14.0 Å². The molecule has 0 aliphatic rings. The molecule has 5 nitrogen and oxygen atoms in total. The molecule has 37 heavy (non-hydrogen) atoms. The van der Waals surface area contributed by atoms with Crippen LogP contribution in [0.25, 0.3) is 0 Å². The highest BCUT2D eigenvalue weighted by molar-refractivity contribution is 5.88. The van der Waals surface area contributed by atoms with Crippen molar-refractivity contribution in [3.63, 3.8) is 0 Å². The van der Waals surface area contributed by atoms with Crippen molar-refractivity contribution in [3.8, 4) is 5.75 Å². The van der Waals surface area contributed by atoms with Gasteiger partial charge in [0.05, 0.1) is 0 Å². The second-order valence-electron chi connectivity index (χ2n) is 9.97. The molecule has 1 atom stereocenters. The van der Waals surface area contributed by atoms with E-state index in [-0.39, 0.29) is 42.6 Å². The molecule has 0 spiro atoms. The van der Waals surface area contributed by atoms with Crippen molar-refractivity contribution in [2.45, 2.75) is 52.6 Å². The maximum Gasteiger partial charge on any atom is 0.261 e. The summed E-state index contributed by atoms with van der Waals surface area (Å²) in [5.74, 6) is 0.244. The molecule has 3 rings (SSSR count). The van der Waals surface area contributed by atoms with Crippen LogP contribution in [-0.4, -0.2) is 35.9 Å². The Morgan fingerprint density at radius 3 is 2.16 bits per heavy atom. The van der Waals surface area contributed by atoms with Gasteiger partial charge in [0.15, 0.2) is 6.61 Å². The third-order valence-corrected chi connectivity index (χ3v) is 6.11. The van der Waals surface area contributed by atoms with E-state index < -0.39 is 6.04 Å². The fourth-order valence-electron chi connectivity index (χ4n) is 4.07. The molecule has 0 aliphatic carbocycles. The van der Waals surface area contributed by atoms with E-state index in [0.717, 1.165) is 16.7 Å². The van der Waals surface area contributed by atoms with Gasteiger partial charge in [-0.3, -0.25) is 9.59 Å². The number of carbonyl (C=O) groups excluding carboxylic acids is 2. The number of nitrogens with one attached hydrogen (secondary N) is 1. The largest absolute Gasteiger partial charge is 0.483 e. The quantitative estimate of drug-likeness (QED) is 0.342. The van der Waals surface area contributed by atoms with Gasteiger partial charge in [-0.25, -0.2) is 4.39 Å². The van der Waals surface area contributed by atoms with Crippen LogP contribution in [0.1, 0.15) is 50.3 Å². The summed E-state index contributed by atoms with van der Waals surface area (Å²) in [7, 11) is 0. The zero-order chi connectivity index (χ0) is 26.8.